The number of hydrogen-bond acceptors (Lipinski definition) is 4. The Balaban J connectivity index is 0.00000176. The van der Waals surface area contributed by atoms with Gasteiger partial charge in [-0.15, -0.1) is 0 Å². The van der Waals surface area contributed by atoms with Gasteiger partial charge in [-0.05, 0) is 32.6 Å². The minimum absolute atomic E-state index is 0.181. The largest absolute Gasteiger partial charge is 0.348 e. The third kappa shape index (κ3) is 7.07. The van der Waals surface area contributed by atoms with Crippen LogP contribution in [0.2, 0.25) is 0 Å². The first kappa shape index (κ1) is 23.9. The number of likely N-dealkylation sites (tertiary alicyclic amines) is 1. The maximum Gasteiger partial charge on any atom is 0.236 e. The van der Waals surface area contributed by atoms with E-state index in [0.717, 1.165) is 45.6 Å². The van der Waals surface area contributed by atoms with Gasteiger partial charge in [0.25, 0.3) is 0 Å². The fourth-order valence-corrected chi connectivity index (χ4v) is 3.98. The molecule has 6 heteroatoms. The van der Waals surface area contributed by atoms with E-state index < -0.39 is 0 Å². The van der Waals surface area contributed by atoms with Gasteiger partial charge in [0, 0.05) is 65.3 Å². The summed E-state index contributed by atoms with van der Waals surface area (Å²) in [5.41, 5.74) is 0. The van der Waals surface area contributed by atoms with E-state index in [4.69, 9.17) is 0 Å². The highest BCUT2D eigenvalue weighted by Crippen LogP contribution is 2.23. The van der Waals surface area contributed by atoms with E-state index in [1.807, 2.05) is 39.8 Å². The van der Waals surface area contributed by atoms with Crippen LogP contribution < -0.4 is 0 Å². The number of hydrogen-bond donors (Lipinski definition) is 0. The molecule has 2 rings (SSSR count). The van der Waals surface area contributed by atoms with Crippen molar-refractivity contribution in [2.24, 2.45) is 5.92 Å². The molecule has 0 bridgehead atoms. The molecule has 0 aromatic carbocycles. The Labute approximate surface area is 166 Å². The third-order valence-electron chi connectivity index (χ3n) is 5.84. The van der Waals surface area contributed by atoms with Crippen LogP contribution in [0.1, 0.15) is 53.9 Å². The van der Waals surface area contributed by atoms with Crippen molar-refractivity contribution < 1.29 is 9.59 Å². The highest BCUT2D eigenvalue weighted by molar-refractivity contribution is 5.77. The lowest BCUT2D eigenvalue weighted by molar-refractivity contribution is -0.133. The maximum absolute atomic E-state index is 12.0. The standard InChI is InChI=1S/C19H36N4O2.C2H6/c1-6-18(24)21-9-7-17(8-10-21)13-22-11-16(3)23(12-15(22)2)14-19(25)20(4)5;1-2/h15-17H,6-14H2,1-5H3;1-2H3/t15-,16+;/m0./s1. The summed E-state index contributed by atoms with van der Waals surface area (Å²) in [5.74, 6) is 1.16. The zero-order valence-corrected chi connectivity index (χ0v) is 18.7. The molecule has 0 unspecified atom stereocenters. The minimum Gasteiger partial charge on any atom is -0.348 e. The molecule has 6 nitrogen and oxygen atoms in total. The predicted octanol–water partition coefficient (Wildman–Crippen LogP) is 2.14. The SMILES string of the molecule is CC.CCC(=O)N1CCC(CN2C[C@@H](C)N(CC(=O)N(C)C)C[C@@H]2C)CC1. The first-order valence-corrected chi connectivity index (χ1v) is 10.8. The van der Waals surface area contributed by atoms with Gasteiger partial charge in [0.2, 0.25) is 11.8 Å². The van der Waals surface area contributed by atoms with Crippen LogP contribution in [0.3, 0.4) is 0 Å². The fourth-order valence-electron chi connectivity index (χ4n) is 3.98. The lowest BCUT2D eigenvalue weighted by atomic mass is 9.94. The van der Waals surface area contributed by atoms with Gasteiger partial charge in [0.05, 0.1) is 6.54 Å². The second kappa shape index (κ2) is 11.6. The number of carbonyl (C=O) groups excluding carboxylic acids is 2. The topological polar surface area (TPSA) is 47.1 Å². The lowest BCUT2D eigenvalue weighted by Gasteiger charge is -2.46. The predicted molar refractivity (Wildman–Crippen MR) is 112 cm³/mol. The molecule has 27 heavy (non-hydrogen) atoms. The van der Waals surface area contributed by atoms with Crippen LogP contribution in [0.25, 0.3) is 0 Å². The third-order valence-corrected chi connectivity index (χ3v) is 5.84. The van der Waals surface area contributed by atoms with E-state index in [1.165, 1.54) is 0 Å². The molecule has 2 fully saturated rings. The average molecular weight is 383 g/mol. The van der Waals surface area contributed by atoms with Gasteiger partial charge >= 0.3 is 0 Å². The van der Waals surface area contributed by atoms with E-state index in [1.54, 1.807) is 4.90 Å². The van der Waals surface area contributed by atoms with Crippen molar-refractivity contribution in [3.63, 3.8) is 0 Å². The molecule has 0 aromatic heterocycles. The molecule has 2 aliphatic heterocycles. The second-order valence-corrected chi connectivity index (χ2v) is 8.05. The van der Waals surface area contributed by atoms with Gasteiger partial charge in [-0.3, -0.25) is 19.4 Å². The van der Waals surface area contributed by atoms with Crippen LogP contribution in [0.5, 0.6) is 0 Å². The number of likely N-dealkylation sites (N-methyl/N-ethyl adjacent to an activating group) is 1. The highest BCUT2D eigenvalue weighted by Gasteiger charge is 2.32. The van der Waals surface area contributed by atoms with Crippen molar-refractivity contribution >= 4 is 11.8 Å². The quantitative estimate of drug-likeness (QED) is 0.731. The summed E-state index contributed by atoms with van der Waals surface area (Å²) in [4.78, 5) is 32.4. The van der Waals surface area contributed by atoms with Crippen molar-refractivity contribution in [3.8, 4) is 0 Å². The Kier molecular flexibility index (Phi) is 10.3. The van der Waals surface area contributed by atoms with Gasteiger partial charge in [-0.2, -0.15) is 0 Å². The van der Waals surface area contributed by atoms with Gasteiger partial charge < -0.3 is 9.80 Å². The van der Waals surface area contributed by atoms with E-state index in [-0.39, 0.29) is 5.91 Å². The molecule has 2 saturated heterocycles. The summed E-state index contributed by atoms with van der Waals surface area (Å²) in [7, 11) is 3.64. The Morgan fingerprint density at radius 1 is 0.963 bits per heavy atom. The zero-order chi connectivity index (χ0) is 20.6. The fraction of sp³-hybridized carbons (Fsp3) is 0.905. The number of rotatable bonds is 5. The van der Waals surface area contributed by atoms with Crippen LogP contribution in [-0.4, -0.2) is 96.9 Å². The van der Waals surface area contributed by atoms with Crippen LogP contribution in [0.15, 0.2) is 0 Å². The Morgan fingerprint density at radius 3 is 2.00 bits per heavy atom. The summed E-state index contributed by atoms with van der Waals surface area (Å²) in [6.07, 6.45) is 2.85. The highest BCUT2D eigenvalue weighted by atomic mass is 16.2. The van der Waals surface area contributed by atoms with Crippen LogP contribution >= 0.6 is 0 Å². The zero-order valence-electron chi connectivity index (χ0n) is 18.7. The molecular weight excluding hydrogens is 340 g/mol. The van der Waals surface area contributed by atoms with Crippen molar-refractivity contribution in [3.05, 3.63) is 0 Å². The molecule has 0 spiro atoms. The van der Waals surface area contributed by atoms with Gasteiger partial charge in [0.1, 0.15) is 0 Å². The van der Waals surface area contributed by atoms with Gasteiger partial charge in [-0.25, -0.2) is 0 Å². The molecule has 2 heterocycles. The second-order valence-electron chi connectivity index (χ2n) is 8.05. The van der Waals surface area contributed by atoms with Gasteiger partial charge in [-0.1, -0.05) is 20.8 Å². The lowest BCUT2D eigenvalue weighted by Crippen LogP contribution is -2.59. The van der Waals surface area contributed by atoms with Crippen LogP contribution in [-0.2, 0) is 9.59 Å². The Morgan fingerprint density at radius 2 is 1.48 bits per heavy atom. The van der Waals surface area contributed by atoms with Crippen LogP contribution in [0.4, 0.5) is 0 Å². The first-order chi connectivity index (χ1) is 12.8. The maximum atomic E-state index is 12.0. The number of piperidine rings is 1. The van der Waals surface area contributed by atoms with E-state index in [0.29, 0.717) is 36.9 Å². The minimum atomic E-state index is 0.181. The molecule has 0 saturated carbocycles. The van der Waals surface area contributed by atoms with Crippen molar-refractivity contribution in [1.29, 1.82) is 0 Å². The summed E-state index contributed by atoms with van der Waals surface area (Å²) in [5, 5.41) is 0. The normalized spacial score (nSPS) is 24.9. The molecule has 2 atom stereocenters. The van der Waals surface area contributed by atoms with Crippen molar-refractivity contribution in [1.82, 2.24) is 19.6 Å². The molecule has 0 radical (unpaired) electrons. The van der Waals surface area contributed by atoms with Crippen molar-refractivity contribution in [2.75, 3.05) is 53.4 Å². The van der Waals surface area contributed by atoms with Crippen LogP contribution in [0, 0.1) is 5.92 Å². The number of amides is 2. The summed E-state index contributed by atoms with van der Waals surface area (Å²) in [6.45, 7) is 15.9. The van der Waals surface area contributed by atoms with E-state index in [2.05, 4.69) is 23.6 Å². The molecular formula is C21H42N4O2. The molecule has 0 aliphatic carbocycles. The first-order valence-electron chi connectivity index (χ1n) is 10.8. The van der Waals surface area contributed by atoms with Crippen molar-refractivity contribution in [2.45, 2.75) is 66.0 Å². The Bertz CT molecular complexity index is 461. The monoisotopic (exact) mass is 382 g/mol. The number of piperazine rings is 1. The smallest absolute Gasteiger partial charge is 0.236 e. The summed E-state index contributed by atoms with van der Waals surface area (Å²) >= 11 is 0. The molecule has 158 valence electrons. The molecule has 2 amide bonds. The number of nitrogens with zero attached hydrogens (tertiary/aromatic N) is 4. The number of carbonyl (C=O) groups is 2. The Hall–Kier alpha value is -1.14. The summed E-state index contributed by atoms with van der Waals surface area (Å²) < 4.78 is 0. The molecule has 0 N–H and O–H groups in total. The molecule has 0 aromatic rings. The van der Waals surface area contributed by atoms with Gasteiger partial charge in [0.15, 0.2) is 0 Å². The molecule has 2 aliphatic rings. The van der Waals surface area contributed by atoms with E-state index in [9.17, 15) is 9.59 Å². The average Bonchev–Trinajstić information content (AvgIpc) is 2.67. The van der Waals surface area contributed by atoms with E-state index >= 15 is 0 Å². The summed E-state index contributed by atoms with van der Waals surface area (Å²) in [6, 6.07) is 0.878.